The van der Waals surface area contributed by atoms with Gasteiger partial charge >= 0.3 is 0 Å². The smallest absolute Gasteiger partial charge is 0.0341 e. The molecule has 0 aliphatic heterocycles. The Labute approximate surface area is 56.3 Å². The third-order valence-electron chi connectivity index (χ3n) is 1.89. The molecule has 1 N–H and O–H groups in total. The minimum atomic E-state index is 0.598. The normalized spacial score (nSPS) is 20.1. The highest BCUT2D eigenvalue weighted by Crippen LogP contribution is 2.27. The van der Waals surface area contributed by atoms with E-state index in [1.165, 1.54) is 19.3 Å². The monoisotopic (exact) mass is 123 g/mol. The summed E-state index contributed by atoms with van der Waals surface area (Å²) in [5, 5.41) is 7.46. The molecule has 1 heteroatoms. The van der Waals surface area contributed by atoms with E-state index in [9.17, 15) is 0 Å². The quantitative estimate of drug-likeness (QED) is 0.545. The summed E-state index contributed by atoms with van der Waals surface area (Å²) >= 11 is 0. The minimum Gasteiger partial charge on any atom is -0.305 e. The van der Waals surface area contributed by atoms with Crippen LogP contribution in [0.15, 0.2) is 12.2 Å². The van der Waals surface area contributed by atoms with Crippen LogP contribution in [-0.4, -0.2) is 5.71 Å². The predicted octanol–water partition coefficient (Wildman–Crippen LogP) is 2.38. The molecule has 9 heavy (non-hydrogen) atoms. The Balaban J connectivity index is 2.32. The van der Waals surface area contributed by atoms with Gasteiger partial charge in [-0.05, 0) is 25.8 Å². The van der Waals surface area contributed by atoms with Crippen LogP contribution in [0.3, 0.4) is 0 Å². The van der Waals surface area contributed by atoms with Crippen molar-refractivity contribution in [1.29, 1.82) is 5.41 Å². The van der Waals surface area contributed by atoms with E-state index in [1.54, 1.807) is 0 Å². The highest BCUT2D eigenvalue weighted by Gasteiger charge is 2.19. The second-order valence-corrected chi connectivity index (χ2v) is 2.58. The molecule has 0 saturated heterocycles. The summed E-state index contributed by atoms with van der Waals surface area (Å²) in [5.41, 5.74) is 0.823. The maximum Gasteiger partial charge on any atom is 0.0341 e. The Kier molecular flexibility index (Phi) is 2.04. The largest absolute Gasteiger partial charge is 0.305 e. The van der Waals surface area contributed by atoms with Crippen molar-refractivity contribution in [2.24, 2.45) is 5.92 Å². The molecule has 1 saturated carbocycles. The van der Waals surface area contributed by atoms with Crippen LogP contribution < -0.4 is 0 Å². The van der Waals surface area contributed by atoms with E-state index >= 15 is 0 Å². The van der Waals surface area contributed by atoms with Gasteiger partial charge in [-0.1, -0.05) is 12.5 Å². The Morgan fingerprint density at radius 2 is 2.22 bits per heavy atom. The zero-order valence-corrected chi connectivity index (χ0v) is 5.85. The maximum absolute atomic E-state index is 7.46. The van der Waals surface area contributed by atoms with E-state index in [4.69, 9.17) is 5.41 Å². The van der Waals surface area contributed by atoms with Gasteiger partial charge in [0.05, 0.1) is 0 Å². The van der Waals surface area contributed by atoms with Gasteiger partial charge in [0, 0.05) is 11.6 Å². The summed E-state index contributed by atoms with van der Waals surface area (Å²) in [7, 11) is 0. The molecule has 0 unspecified atom stereocenters. The van der Waals surface area contributed by atoms with Gasteiger partial charge in [-0.3, -0.25) is 0 Å². The van der Waals surface area contributed by atoms with Gasteiger partial charge in [0.15, 0.2) is 0 Å². The Bertz CT molecular complexity index is 132. The molecule has 0 bridgehead atoms. The van der Waals surface area contributed by atoms with Crippen LogP contribution in [0.4, 0.5) is 0 Å². The summed E-state index contributed by atoms with van der Waals surface area (Å²) in [6.45, 7) is 1.97. The lowest BCUT2D eigenvalue weighted by molar-refractivity contribution is 0.413. The van der Waals surface area contributed by atoms with Crippen LogP contribution in [0.1, 0.15) is 26.2 Å². The average Bonchev–Trinajstić information content (AvgIpc) is 1.60. The van der Waals surface area contributed by atoms with Crippen LogP contribution in [0.25, 0.3) is 0 Å². The lowest BCUT2D eigenvalue weighted by Gasteiger charge is -2.24. The van der Waals surface area contributed by atoms with Crippen LogP contribution >= 0.6 is 0 Å². The van der Waals surface area contributed by atoms with Gasteiger partial charge in [-0.25, -0.2) is 0 Å². The van der Waals surface area contributed by atoms with E-state index in [0.717, 1.165) is 5.71 Å². The molecule has 50 valence electrons. The molecule has 0 amide bonds. The van der Waals surface area contributed by atoms with Crippen molar-refractivity contribution in [3.8, 4) is 0 Å². The third-order valence-corrected chi connectivity index (χ3v) is 1.89. The van der Waals surface area contributed by atoms with Crippen LogP contribution in [0.2, 0.25) is 0 Å². The van der Waals surface area contributed by atoms with Gasteiger partial charge in [0.2, 0.25) is 0 Å². The summed E-state index contributed by atoms with van der Waals surface area (Å²) in [6.07, 6.45) is 7.65. The first-order valence-electron chi connectivity index (χ1n) is 3.55. The molecule has 0 aromatic rings. The Morgan fingerprint density at radius 1 is 1.56 bits per heavy atom. The fourth-order valence-corrected chi connectivity index (χ4v) is 1.03. The molecule has 0 aromatic heterocycles. The average molecular weight is 123 g/mol. The molecular weight excluding hydrogens is 110 g/mol. The molecule has 1 nitrogen and oxygen atoms in total. The van der Waals surface area contributed by atoms with E-state index in [2.05, 4.69) is 0 Å². The minimum absolute atomic E-state index is 0.598. The summed E-state index contributed by atoms with van der Waals surface area (Å²) in [4.78, 5) is 0. The molecule has 0 heterocycles. The highest BCUT2D eigenvalue weighted by atomic mass is 14.4. The lowest BCUT2D eigenvalue weighted by Crippen LogP contribution is -2.19. The molecule has 0 spiro atoms. The molecule has 0 radical (unpaired) electrons. The zero-order chi connectivity index (χ0) is 6.69. The third kappa shape index (κ3) is 1.41. The standard InChI is InChI=1S/C8H13N/c1-2-4-8(9)7-5-3-6-7/h2,4,7,9H,3,5-6H2,1H3/b4-2-,9-8?. The number of hydrogen-bond acceptors (Lipinski definition) is 1. The van der Waals surface area contributed by atoms with Gasteiger partial charge in [-0.15, -0.1) is 0 Å². The first-order chi connectivity index (χ1) is 4.34. The van der Waals surface area contributed by atoms with Crippen LogP contribution in [0.5, 0.6) is 0 Å². The Morgan fingerprint density at radius 3 is 2.56 bits per heavy atom. The van der Waals surface area contributed by atoms with Crippen LogP contribution in [-0.2, 0) is 0 Å². The molecule has 1 rings (SSSR count). The molecular formula is C8H13N. The van der Waals surface area contributed by atoms with Gasteiger partial charge < -0.3 is 5.41 Å². The first-order valence-corrected chi connectivity index (χ1v) is 3.55. The lowest BCUT2D eigenvalue weighted by atomic mass is 9.81. The van der Waals surface area contributed by atoms with Crippen molar-refractivity contribution < 1.29 is 0 Å². The first kappa shape index (κ1) is 6.53. The SMILES string of the molecule is C/C=C\C(=N)C1CCC1. The van der Waals surface area contributed by atoms with Crippen molar-refractivity contribution in [2.45, 2.75) is 26.2 Å². The fraction of sp³-hybridized carbons (Fsp3) is 0.625. The molecule has 1 aliphatic rings. The van der Waals surface area contributed by atoms with E-state index in [-0.39, 0.29) is 0 Å². The van der Waals surface area contributed by atoms with Crippen molar-refractivity contribution in [1.82, 2.24) is 0 Å². The van der Waals surface area contributed by atoms with Crippen molar-refractivity contribution >= 4 is 5.71 Å². The summed E-state index contributed by atoms with van der Waals surface area (Å²) in [5.74, 6) is 0.598. The second-order valence-electron chi connectivity index (χ2n) is 2.58. The highest BCUT2D eigenvalue weighted by molar-refractivity contribution is 5.94. The van der Waals surface area contributed by atoms with Crippen molar-refractivity contribution in [3.05, 3.63) is 12.2 Å². The summed E-state index contributed by atoms with van der Waals surface area (Å²) < 4.78 is 0. The van der Waals surface area contributed by atoms with Gasteiger partial charge in [0.1, 0.15) is 0 Å². The molecule has 1 fully saturated rings. The zero-order valence-electron chi connectivity index (χ0n) is 5.85. The van der Waals surface area contributed by atoms with E-state index < -0.39 is 0 Å². The Hall–Kier alpha value is -0.590. The molecule has 0 aromatic carbocycles. The molecule has 0 atom stereocenters. The number of nitrogens with one attached hydrogen (secondary N) is 1. The number of allylic oxidation sites excluding steroid dienone is 2. The van der Waals surface area contributed by atoms with Gasteiger partial charge in [0.25, 0.3) is 0 Å². The van der Waals surface area contributed by atoms with E-state index in [1.807, 2.05) is 19.1 Å². The van der Waals surface area contributed by atoms with Crippen molar-refractivity contribution in [2.75, 3.05) is 0 Å². The van der Waals surface area contributed by atoms with E-state index in [0.29, 0.717) is 5.92 Å². The van der Waals surface area contributed by atoms with Crippen LogP contribution in [0, 0.1) is 11.3 Å². The van der Waals surface area contributed by atoms with Gasteiger partial charge in [-0.2, -0.15) is 0 Å². The second kappa shape index (κ2) is 2.81. The predicted molar refractivity (Wildman–Crippen MR) is 39.9 cm³/mol. The van der Waals surface area contributed by atoms with Crippen molar-refractivity contribution in [3.63, 3.8) is 0 Å². The fourth-order valence-electron chi connectivity index (χ4n) is 1.03. The number of hydrogen-bond donors (Lipinski definition) is 1. The number of rotatable bonds is 2. The molecule has 1 aliphatic carbocycles. The topological polar surface area (TPSA) is 23.9 Å². The summed E-state index contributed by atoms with van der Waals surface area (Å²) in [6, 6.07) is 0. The maximum atomic E-state index is 7.46.